The SMILES string of the molecule is CC(C)N[C@@H]1CCCC[C@H](O)C1. The molecule has 2 atom stereocenters. The molecule has 0 aliphatic heterocycles. The minimum atomic E-state index is -0.0660. The Bertz CT molecular complexity index is 125. The van der Waals surface area contributed by atoms with Crippen LogP contribution in [0, 0.1) is 0 Å². The number of aliphatic hydroxyl groups excluding tert-OH is 1. The average molecular weight is 171 g/mol. The van der Waals surface area contributed by atoms with Crippen molar-refractivity contribution in [3.8, 4) is 0 Å². The fourth-order valence-corrected chi connectivity index (χ4v) is 1.96. The summed E-state index contributed by atoms with van der Waals surface area (Å²) in [5, 5.41) is 13.0. The third-order valence-corrected chi connectivity index (χ3v) is 2.47. The van der Waals surface area contributed by atoms with E-state index in [-0.39, 0.29) is 6.10 Å². The van der Waals surface area contributed by atoms with Crippen LogP contribution < -0.4 is 5.32 Å². The van der Waals surface area contributed by atoms with Gasteiger partial charge in [-0.2, -0.15) is 0 Å². The van der Waals surface area contributed by atoms with Crippen molar-refractivity contribution in [1.82, 2.24) is 5.32 Å². The van der Waals surface area contributed by atoms with Crippen molar-refractivity contribution in [2.24, 2.45) is 0 Å². The highest BCUT2D eigenvalue weighted by Crippen LogP contribution is 2.18. The van der Waals surface area contributed by atoms with Crippen LogP contribution in [0.5, 0.6) is 0 Å². The third kappa shape index (κ3) is 3.55. The Morgan fingerprint density at radius 1 is 1.25 bits per heavy atom. The molecule has 0 radical (unpaired) electrons. The fraction of sp³-hybridized carbons (Fsp3) is 1.00. The van der Waals surface area contributed by atoms with Crippen LogP contribution in [-0.2, 0) is 0 Å². The van der Waals surface area contributed by atoms with Crippen LogP contribution in [0.25, 0.3) is 0 Å². The highest BCUT2D eigenvalue weighted by Gasteiger charge is 2.18. The summed E-state index contributed by atoms with van der Waals surface area (Å²) in [6.07, 6.45) is 5.56. The van der Waals surface area contributed by atoms with Gasteiger partial charge < -0.3 is 10.4 Å². The van der Waals surface area contributed by atoms with Crippen molar-refractivity contribution in [2.75, 3.05) is 0 Å². The van der Waals surface area contributed by atoms with E-state index < -0.39 is 0 Å². The molecule has 72 valence electrons. The standard InChI is InChI=1S/C10H21NO/c1-8(2)11-9-5-3-4-6-10(12)7-9/h8-12H,3-7H2,1-2H3/t9-,10+/m1/s1. The first-order chi connectivity index (χ1) is 5.68. The van der Waals surface area contributed by atoms with Crippen molar-refractivity contribution in [3.63, 3.8) is 0 Å². The van der Waals surface area contributed by atoms with Crippen molar-refractivity contribution >= 4 is 0 Å². The zero-order valence-electron chi connectivity index (χ0n) is 8.21. The molecule has 0 heterocycles. The molecule has 1 saturated carbocycles. The molecule has 2 heteroatoms. The summed E-state index contributed by atoms with van der Waals surface area (Å²) >= 11 is 0. The van der Waals surface area contributed by atoms with Crippen molar-refractivity contribution in [1.29, 1.82) is 0 Å². The zero-order chi connectivity index (χ0) is 8.97. The summed E-state index contributed by atoms with van der Waals surface area (Å²) in [6, 6.07) is 1.09. The summed E-state index contributed by atoms with van der Waals surface area (Å²) in [7, 11) is 0. The molecule has 0 spiro atoms. The molecule has 0 saturated heterocycles. The van der Waals surface area contributed by atoms with Gasteiger partial charge in [0, 0.05) is 12.1 Å². The average Bonchev–Trinajstić information content (AvgIpc) is 2.12. The van der Waals surface area contributed by atoms with Crippen molar-refractivity contribution < 1.29 is 5.11 Å². The van der Waals surface area contributed by atoms with Crippen LogP contribution in [0.15, 0.2) is 0 Å². The van der Waals surface area contributed by atoms with Gasteiger partial charge in [-0.25, -0.2) is 0 Å². The molecule has 1 aliphatic carbocycles. The Hall–Kier alpha value is -0.0800. The van der Waals surface area contributed by atoms with E-state index in [1.54, 1.807) is 0 Å². The maximum Gasteiger partial charge on any atom is 0.0555 e. The van der Waals surface area contributed by atoms with Crippen LogP contribution in [0.1, 0.15) is 46.0 Å². The van der Waals surface area contributed by atoms with Gasteiger partial charge >= 0.3 is 0 Å². The zero-order valence-corrected chi connectivity index (χ0v) is 8.21. The lowest BCUT2D eigenvalue weighted by Gasteiger charge is -2.20. The highest BCUT2D eigenvalue weighted by molar-refractivity contribution is 4.76. The van der Waals surface area contributed by atoms with Gasteiger partial charge in [0.1, 0.15) is 0 Å². The number of rotatable bonds is 2. The minimum absolute atomic E-state index is 0.0660. The van der Waals surface area contributed by atoms with Crippen LogP contribution in [0.4, 0.5) is 0 Å². The van der Waals surface area contributed by atoms with E-state index in [1.807, 2.05) is 0 Å². The number of hydrogen-bond acceptors (Lipinski definition) is 2. The summed E-state index contributed by atoms with van der Waals surface area (Å²) in [4.78, 5) is 0. The van der Waals surface area contributed by atoms with E-state index in [1.165, 1.54) is 19.3 Å². The summed E-state index contributed by atoms with van der Waals surface area (Å²) in [5.41, 5.74) is 0. The molecule has 1 fully saturated rings. The molecule has 0 aromatic rings. The molecule has 0 aromatic carbocycles. The van der Waals surface area contributed by atoms with Gasteiger partial charge in [0.15, 0.2) is 0 Å². The van der Waals surface area contributed by atoms with Crippen molar-refractivity contribution in [2.45, 2.75) is 64.1 Å². The Labute approximate surface area is 75.4 Å². The molecule has 0 bridgehead atoms. The van der Waals surface area contributed by atoms with Crippen LogP contribution in [0.3, 0.4) is 0 Å². The monoisotopic (exact) mass is 171 g/mol. The molecule has 1 rings (SSSR count). The molecule has 2 nitrogen and oxygen atoms in total. The van der Waals surface area contributed by atoms with E-state index in [0.717, 1.165) is 12.8 Å². The first-order valence-corrected chi connectivity index (χ1v) is 5.12. The molecular formula is C10H21NO. The predicted molar refractivity (Wildman–Crippen MR) is 51.2 cm³/mol. The van der Waals surface area contributed by atoms with Crippen molar-refractivity contribution in [3.05, 3.63) is 0 Å². The van der Waals surface area contributed by atoms with E-state index in [0.29, 0.717) is 12.1 Å². The summed E-state index contributed by atoms with van der Waals surface area (Å²) < 4.78 is 0. The number of nitrogens with one attached hydrogen (secondary N) is 1. The lowest BCUT2D eigenvalue weighted by Crippen LogP contribution is -2.36. The topological polar surface area (TPSA) is 32.3 Å². The van der Waals surface area contributed by atoms with Crippen LogP contribution in [0.2, 0.25) is 0 Å². The van der Waals surface area contributed by atoms with Gasteiger partial charge in [-0.3, -0.25) is 0 Å². The van der Waals surface area contributed by atoms with E-state index in [2.05, 4.69) is 19.2 Å². The lowest BCUT2D eigenvalue weighted by atomic mass is 10.1. The molecule has 0 unspecified atom stereocenters. The quantitative estimate of drug-likeness (QED) is 0.620. The van der Waals surface area contributed by atoms with E-state index >= 15 is 0 Å². The van der Waals surface area contributed by atoms with Gasteiger partial charge in [-0.15, -0.1) is 0 Å². The molecule has 0 aromatic heterocycles. The van der Waals surface area contributed by atoms with Gasteiger partial charge in [0.05, 0.1) is 6.10 Å². The first kappa shape index (κ1) is 10.0. The molecule has 1 aliphatic rings. The Kier molecular flexibility index (Phi) is 4.02. The second kappa shape index (κ2) is 4.83. The lowest BCUT2D eigenvalue weighted by molar-refractivity contribution is 0.146. The number of hydrogen-bond donors (Lipinski definition) is 2. The van der Waals surface area contributed by atoms with E-state index in [4.69, 9.17) is 0 Å². The molecule has 0 amide bonds. The first-order valence-electron chi connectivity index (χ1n) is 5.12. The highest BCUT2D eigenvalue weighted by atomic mass is 16.3. The second-order valence-corrected chi connectivity index (χ2v) is 4.19. The fourth-order valence-electron chi connectivity index (χ4n) is 1.96. The van der Waals surface area contributed by atoms with Gasteiger partial charge in [-0.05, 0) is 19.3 Å². The molecule has 2 N–H and O–H groups in total. The Morgan fingerprint density at radius 3 is 2.58 bits per heavy atom. The van der Waals surface area contributed by atoms with Crippen LogP contribution in [-0.4, -0.2) is 23.3 Å². The predicted octanol–water partition coefficient (Wildman–Crippen LogP) is 1.68. The van der Waals surface area contributed by atoms with Crippen LogP contribution >= 0.6 is 0 Å². The second-order valence-electron chi connectivity index (χ2n) is 4.19. The number of aliphatic hydroxyl groups is 1. The van der Waals surface area contributed by atoms with Gasteiger partial charge in [0.2, 0.25) is 0 Å². The Balaban J connectivity index is 2.31. The third-order valence-electron chi connectivity index (χ3n) is 2.47. The minimum Gasteiger partial charge on any atom is -0.393 e. The maximum absolute atomic E-state index is 9.53. The van der Waals surface area contributed by atoms with E-state index in [9.17, 15) is 5.11 Å². The summed E-state index contributed by atoms with van der Waals surface area (Å²) in [6.45, 7) is 4.33. The van der Waals surface area contributed by atoms with Gasteiger partial charge in [0.25, 0.3) is 0 Å². The summed E-state index contributed by atoms with van der Waals surface area (Å²) in [5.74, 6) is 0. The largest absolute Gasteiger partial charge is 0.393 e. The molecule has 12 heavy (non-hydrogen) atoms. The normalized spacial score (nSPS) is 32.0. The molecular weight excluding hydrogens is 150 g/mol. The Morgan fingerprint density at radius 2 is 1.92 bits per heavy atom. The smallest absolute Gasteiger partial charge is 0.0555 e. The van der Waals surface area contributed by atoms with Gasteiger partial charge in [-0.1, -0.05) is 26.7 Å². The maximum atomic E-state index is 9.53.